The van der Waals surface area contributed by atoms with Crippen molar-refractivity contribution in [2.24, 2.45) is 0 Å². The van der Waals surface area contributed by atoms with Crippen LogP contribution in [0.25, 0.3) is 0 Å². The van der Waals surface area contributed by atoms with Crippen LogP contribution in [0.1, 0.15) is 17.3 Å². The summed E-state index contributed by atoms with van der Waals surface area (Å²) in [5.74, 6) is -2.69. The summed E-state index contributed by atoms with van der Waals surface area (Å²) in [6.07, 6.45) is 1.36. The Bertz CT molecular complexity index is 701. The molecule has 0 aliphatic heterocycles. The first-order valence-electron chi connectivity index (χ1n) is 6.64. The van der Waals surface area contributed by atoms with Gasteiger partial charge in [-0.05, 0) is 49.0 Å². The van der Waals surface area contributed by atoms with E-state index in [1.54, 1.807) is 12.1 Å². The van der Waals surface area contributed by atoms with Gasteiger partial charge in [0.2, 0.25) is 0 Å². The summed E-state index contributed by atoms with van der Waals surface area (Å²) in [4.78, 5) is 16.1. The van der Waals surface area contributed by atoms with Crippen molar-refractivity contribution >= 4 is 35.0 Å². The molecule has 0 aliphatic carbocycles. The Balaban J connectivity index is 2.18. The van der Waals surface area contributed by atoms with Crippen LogP contribution in [0.15, 0.2) is 41.6 Å². The predicted molar refractivity (Wildman–Crippen MR) is 86.7 cm³/mol. The average Bonchev–Trinajstić information content (AvgIpc) is 2.50. The Hall–Kier alpha value is -1.86. The number of anilines is 1. The number of thioether (sulfide) groups is 1. The van der Waals surface area contributed by atoms with Crippen molar-refractivity contribution in [1.29, 1.82) is 0 Å². The number of rotatable bonds is 6. The van der Waals surface area contributed by atoms with Gasteiger partial charge in [0.1, 0.15) is 10.8 Å². The lowest BCUT2D eigenvalue weighted by Crippen LogP contribution is -2.14. The molecule has 0 fully saturated rings. The Labute approximate surface area is 141 Å². The molecule has 0 saturated heterocycles. The van der Waals surface area contributed by atoms with Crippen LogP contribution < -0.4 is 10.1 Å². The average molecular weight is 359 g/mol. The molecule has 1 aromatic carbocycles. The van der Waals surface area contributed by atoms with Gasteiger partial charge in [0.05, 0.1) is 17.2 Å². The van der Waals surface area contributed by atoms with Gasteiger partial charge in [-0.2, -0.15) is 8.78 Å². The number of halogens is 3. The summed E-state index contributed by atoms with van der Waals surface area (Å²) in [7, 11) is 0. The second-order valence-corrected chi connectivity index (χ2v) is 5.65. The van der Waals surface area contributed by atoms with Gasteiger partial charge >= 0.3 is 0 Å². The van der Waals surface area contributed by atoms with Crippen LogP contribution >= 0.6 is 23.4 Å². The summed E-state index contributed by atoms with van der Waals surface area (Å²) in [5.41, 5.74) is 0.503. The van der Waals surface area contributed by atoms with E-state index in [9.17, 15) is 13.6 Å². The normalized spacial score (nSPS) is 10.7. The van der Waals surface area contributed by atoms with Crippen molar-refractivity contribution in [2.45, 2.75) is 17.7 Å². The van der Waals surface area contributed by atoms with E-state index in [0.29, 0.717) is 23.1 Å². The quantitative estimate of drug-likeness (QED) is 0.760. The number of benzene rings is 1. The van der Waals surface area contributed by atoms with E-state index in [1.807, 2.05) is 6.92 Å². The topological polar surface area (TPSA) is 51.2 Å². The number of carbonyl (C=O) groups is 1. The zero-order valence-electron chi connectivity index (χ0n) is 12.1. The molecule has 1 heterocycles. The highest BCUT2D eigenvalue weighted by Gasteiger charge is 2.17. The van der Waals surface area contributed by atoms with Crippen molar-refractivity contribution < 1.29 is 18.3 Å². The first-order chi connectivity index (χ1) is 11.0. The predicted octanol–water partition coefficient (Wildman–Crippen LogP) is 4.70. The fourth-order valence-corrected chi connectivity index (χ4v) is 2.60. The molecular formula is C15H13ClF2N2O2S. The van der Waals surface area contributed by atoms with Gasteiger partial charge in [-0.15, -0.1) is 0 Å². The zero-order chi connectivity index (χ0) is 16.8. The largest absolute Gasteiger partial charge is 0.492 e. The Morgan fingerprint density at radius 3 is 2.87 bits per heavy atom. The third-order valence-electron chi connectivity index (χ3n) is 2.71. The molecule has 0 spiro atoms. The lowest BCUT2D eigenvalue weighted by atomic mass is 10.2. The number of hydrogen-bond donors (Lipinski definition) is 1. The molecule has 1 amide bonds. The SMILES string of the molecule is CCOc1ccc(NC(=O)c2cccnc2SC(F)F)cc1Cl. The molecule has 122 valence electrons. The summed E-state index contributed by atoms with van der Waals surface area (Å²) in [6.45, 7) is 2.30. The maximum atomic E-state index is 12.5. The standard InChI is InChI=1S/C15H13ClF2N2O2S/c1-2-22-12-6-5-9(8-11(12)16)20-13(21)10-4-3-7-19-14(10)23-15(17)18/h3-8,15H,2H2,1H3,(H,20,21). The van der Waals surface area contributed by atoms with Crippen LogP contribution in [0.4, 0.5) is 14.5 Å². The zero-order valence-corrected chi connectivity index (χ0v) is 13.6. The molecule has 0 bridgehead atoms. The molecule has 0 atom stereocenters. The van der Waals surface area contributed by atoms with Crippen LogP contribution in [0.5, 0.6) is 5.75 Å². The molecular weight excluding hydrogens is 346 g/mol. The van der Waals surface area contributed by atoms with Crippen LogP contribution in [0.2, 0.25) is 5.02 Å². The first kappa shape index (κ1) is 17.5. The number of pyridine rings is 1. The van der Waals surface area contributed by atoms with Gasteiger partial charge < -0.3 is 10.1 Å². The molecule has 0 saturated carbocycles. The highest BCUT2D eigenvalue weighted by molar-refractivity contribution is 7.99. The van der Waals surface area contributed by atoms with Crippen molar-refractivity contribution in [3.05, 3.63) is 47.1 Å². The highest BCUT2D eigenvalue weighted by atomic mass is 35.5. The van der Waals surface area contributed by atoms with Crippen molar-refractivity contribution in [3.8, 4) is 5.75 Å². The van der Waals surface area contributed by atoms with Gasteiger partial charge in [0, 0.05) is 11.9 Å². The Morgan fingerprint density at radius 2 is 2.22 bits per heavy atom. The molecule has 2 aromatic rings. The molecule has 0 unspecified atom stereocenters. The maximum absolute atomic E-state index is 12.5. The molecule has 4 nitrogen and oxygen atoms in total. The number of amides is 1. The lowest BCUT2D eigenvalue weighted by Gasteiger charge is -2.10. The highest BCUT2D eigenvalue weighted by Crippen LogP contribution is 2.29. The molecule has 2 rings (SSSR count). The monoisotopic (exact) mass is 358 g/mol. The number of nitrogens with zero attached hydrogens (tertiary/aromatic N) is 1. The number of aromatic nitrogens is 1. The third kappa shape index (κ3) is 4.80. The van der Waals surface area contributed by atoms with Gasteiger partial charge in [-0.1, -0.05) is 11.6 Å². The van der Waals surface area contributed by atoms with Crippen LogP contribution in [0, 0.1) is 0 Å². The van der Waals surface area contributed by atoms with Gasteiger partial charge in [-0.25, -0.2) is 4.98 Å². The molecule has 0 aliphatic rings. The Morgan fingerprint density at radius 1 is 1.43 bits per heavy atom. The second kappa shape index (κ2) is 8.12. The van der Waals surface area contributed by atoms with Crippen molar-refractivity contribution in [2.75, 3.05) is 11.9 Å². The Kier molecular flexibility index (Phi) is 6.18. The van der Waals surface area contributed by atoms with Crippen molar-refractivity contribution in [1.82, 2.24) is 4.98 Å². The second-order valence-electron chi connectivity index (χ2n) is 4.27. The summed E-state index contributed by atoms with van der Waals surface area (Å²) in [6, 6.07) is 7.71. The van der Waals surface area contributed by atoms with E-state index in [-0.39, 0.29) is 22.4 Å². The van der Waals surface area contributed by atoms with Crippen LogP contribution in [-0.2, 0) is 0 Å². The molecule has 8 heteroatoms. The summed E-state index contributed by atoms with van der Waals surface area (Å²) >= 11 is 6.27. The van der Waals surface area contributed by atoms with Crippen LogP contribution in [-0.4, -0.2) is 23.3 Å². The minimum absolute atomic E-state index is 0.0305. The number of hydrogen-bond acceptors (Lipinski definition) is 4. The van der Waals surface area contributed by atoms with Crippen LogP contribution in [0.3, 0.4) is 0 Å². The molecule has 1 N–H and O–H groups in total. The van der Waals surface area contributed by atoms with Crippen molar-refractivity contribution in [3.63, 3.8) is 0 Å². The van der Waals surface area contributed by atoms with E-state index in [2.05, 4.69) is 10.3 Å². The number of nitrogens with one attached hydrogen (secondary N) is 1. The van der Waals surface area contributed by atoms with E-state index in [1.165, 1.54) is 24.4 Å². The maximum Gasteiger partial charge on any atom is 0.290 e. The fraction of sp³-hybridized carbons (Fsp3) is 0.200. The van der Waals surface area contributed by atoms with Gasteiger partial charge in [-0.3, -0.25) is 4.79 Å². The van der Waals surface area contributed by atoms with E-state index in [0.717, 1.165) is 0 Å². The number of ether oxygens (including phenoxy) is 1. The third-order valence-corrected chi connectivity index (χ3v) is 3.73. The minimum atomic E-state index is -2.66. The smallest absolute Gasteiger partial charge is 0.290 e. The van der Waals surface area contributed by atoms with E-state index in [4.69, 9.17) is 16.3 Å². The first-order valence-corrected chi connectivity index (χ1v) is 7.90. The number of carbonyl (C=O) groups excluding carboxylic acids is 1. The van der Waals surface area contributed by atoms with Gasteiger partial charge in [0.15, 0.2) is 0 Å². The molecule has 0 radical (unpaired) electrons. The lowest BCUT2D eigenvalue weighted by molar-refractivity contribution is 0.102. The fourth-order valence-electron chi connectivity index (χ4n) is 1.79. The summed E-state index contributed by atoms with van der Waals surface area (Å²) < 4.78 is 30.3. The van der Waals surface area contributed by atoms with E-state index >= 15 is 0 Å². The van der Waals surface area contributed by atoms with E-state index < -0.39 is 11.7 Å². The number of alkyl halides is 2. The summed E-state index contributed by atoms with van der Waals surface area (Å²) in [5, 5.41) is 2.92. The molecule has 23 heavy (non-hydrogen) atoms. The minimum Gasteiger partial charge on any atom is -0.492 e. The molecule has 1 aromatic heterocycles. The van der Waals surface area contributed by atoms with Gasteiger partial charge in [0.25, 0.3) is 11.7 Å².